The number of anilines is 1. The van der Waals surface area contributed by atoms with Crippen LogP contribution in [0.5, 0.6) is 0 Å². The Balaban J connectivity index is 1.66. The molecule has 3 aromatic heterocycles. The van der Waals surface area contributed by atoms with E-state index in [0.717, 1.165) is 6.07 Å². The molecule has 11 heteroatoms. The van der Waals surface area contributed by atoms with Gasteiger partial charge in [-0.25, -0.2) is 9.37 Å². The van der Waals surface area contributed by atoms with Crippen LogP contribution in [0.4, 0.5) is 23.2 Å². The Morgan fingerprint density at radius 1 is 1.05 bits per heavy atom. The Kier molecular flexibility index (Phi) is 6.23. The van der Waals surface area contributed by atoms with E-state index in [4.69, 9.17) is 0 Å². The molecule has 0 unspecified atom stereocenters. The molecule has 0 radical (unpaired) electrons. The van der Waals surface area contributed by atoms with Crippen LogP contribution in [0.1, 0.15) is 34.6 Å². The molecule has 194 valence electrons. The highest BCUT2D eigenvalue weighted by Crippen LogP contribution is 2.39. The van der Waals surface area contributed by atoms with Crippen molar-refractivity contribution in [1.29, 1.82) is 0 Å². The molecule has 1 amide bonds. The van der Waals surface area contributed by atoms with Crippen molar-refractivity contribution in [3.8, 4) is 22.4 Å². The van der Waals surface area contributed by atoms with Gasteiger partial charge in [-0.3, -0.25) is 13.9 Å². The molecule has 2 aromatic carbocycles. The number of aryl methyl sites for hydroxylation is 1. The minimum Gasteiger partial charge on any atom is -0.387 e. The van der Waals surface area contributed by atoms with E-state index in [-0.39, 0.29) is 17.0 Å². The van der Waals surface area contributed by atoms with Gasteiger partial charge in [0, 0.05) is 30.6 Å². The Hall–Kier alpha value is -4.51. The minimum atomic E-state index is -4.87. The molecule has 0 saturated heterocycles. The van der Waals surface area contributed by atoms with Crippen LogP contribution in [0.25, 0.3) is 28.0 Å². The molecule has 7 nitrogen and oxygen atoms in total. The number of nitrogens with zero attached hydrogens (tertiary/aromatic N) is 4. The SMILES string of the molecule is C[C@H](O)c1cnc2c(NC(=O)c3cc(-c4ccn(C)n4)c(C(F)(F)F)cc3F)c(-c3ccccc3)ccn12. The number of fused-ring (bicyclic) bond motifs is 1. The summed E-state index contributed by atoms with van der Waals surface area (Å²) in [5.74, 6) is -2.31. The predicted octanol–water partition coefficient (Wildman–Crippen LogP) is 5.87. The van der Waals surface area contributed by atoms with Gasteiger partial charge in [0.15, 0.2) is 5.65 Å². The lowest BCUT2D eigenvalue weighted by molar-refractivity contribution is -0.137. The van der Waals surface area contributed by atoms with Gasteiger partial charge in [0.1, 0.15) is 5.82 Å². The number of aliphatic hydroxyl groups is 1. The predicted molar refractivity (Wildman–Crippen MR) is 133 cm³/mol. The highest BCUT2D eigenvalue weighted by atomic mass is 19.4. The molecule has 0 aliphatic rings. The van der Waals surface area contributed by atoms with Gasteiger partial charge >= 0.3 is 6.18 Å². The van der Waals surface area contributed by atoms with Crippen LogP contribution in [0, 0.1) is 5.82 Å². The van der Waals surface area contributed by atoms with Crippen molar-refractivity contribution >= 4 is 17.2 Å². The van der Waals surface area contributed by atoms with E-state index in [2.05, 4.69) is 15.4 Å². The standard InChI is InChI=1S/C27H21F4N5O2/c1-15(37)23-14-32-25-24(17(8-11-36(23)25)16-6-4-3-5-7-16)33-26(38)19-12-18(22-9-10-35(2)34-22)20(13-21(19)28)27(29,30)31/h3-15,37H,1-2H3,(H,33,38)/t15-/m0/s1. The summed E-state index contributed by atoms with van der Waals surface area (Å²) in [6.45, 7) is 1.56. The molecule has 0 bridgehead atoms. The number of aromatic nitrogens is 4. The zero-order valence-corrected chi connectivity index (χ0v) is 20.2. The summed E-state index contributed by atoms with van der Waals surface area (Å²) in [5, 5.41) is 16.8. The number of imidazole rings is 1. The fourth-order valence-corrected chi connectivity index (χ4v) is 4.29. The first-order valence-corrected chi connectivity index (χ1v) is 11.5. The summed E-state index contributed by atoms with van der Waals surface area (Å²) >= 11 is 0. The zero-order chi connectivity index (χ0) is 27.2. The van der Waals surface area contributed by atoms with Crippen LogP contribution in [-0.2, 0) is 13.2 Å². The number of aliphatic hydroxyl groups excluding tert-OH is 1. The molecule has 3 heterocycles. The lowest BCUT2D eigenvalue weighted by Crippen LogP contribution is -2.18. The summed E-state index contributed by atoms with van der Waals surface area (Å²) in [7, 11) is 1.53. The number of amides is 1. The summed E-state index contributed by atoms with van der Waals surface area (Å²) in [6, 6.07) is 13.2. The van der Waals surface area contributed by atoms with Gasteiger partial charge in [0.05, 0.1) is 40.5 Å². The van der Waals surface area contributed by atoms with Crippen molar-refractivity contribution < 1.29 is 27.5 Å². The molecule has 0 saturated carbocycles. The van der Waals surface area contributed by atoms with Crippen LogP contribution in [0.2, 0.25) is 0 Å². The first-order chi connectivity index (χ1) is 18.0. The summed E-state index contributed by atoms with van der Waals surface area (Å²) < 4.78 is 59.2. The maximum Gasteiger partial charge on any atom is 0.417 e. The minimum absolute atomic E-state index is 0.0595. The Morgan fingerprint density at radius 2 is 1.79 bits per heavy atom. The van der Waals surface area contributed by atoms with E-state index in [9.17, 15) is 23.1 Å². The van der Waals surface area contributed by atoms with Crippen LogP contribution in [-0.4, -0.2) is 30.2 Å². The number of benzene rings is 2. The van der Waals surface area contributed by atoms with Gasteiger partial charge in [-0.15, -0.1) is 0 Å². The molecular formula is C27H21F4N5O2. The fraction of sp³-hybridized carbons (Fsp3) is 0.148. The zero-order valence-electron chi connectivity index (χ0n) is 20.2. The second-order valence-corrected chi connectivity index (χ2v) is 8.73. The number of nitrogens with one attached hydrogen (secondary N) is 1. The number of hydrogen-bond donors (Lipinski definition) is 2. The van der Waals surface area contributed by atoms with E-state index in [1.807, 2.05) is 6.07 Å². The third-order valence-electron chi connectivity index (χ3n) is 6.11. The number of hydrogen-bond acceptors (Lipinski definition) is 4. The molecule has 0 spiro atoms. The number of carbonyl (C=O) groups is 1. The van der Waals surface area contributed by atoms with Crippen molar-refractivity contribution in [2.75, 3.05) is 5.32 Å². The van der Waals surface area contributed by atoms with Gasteiger partial charge in [0.2, 0.25) is 0 Å². The second-order valence-electron chi connectivity index (χ2n) is 8.73. The van der Waals surface area contributed by atoms with E-state index in [1.54, 1.807) is 47.9 Å². The Bertz CT molecular complexity index is 1660. The number of halogens is 4. The topological polar surface area (TPSA) is 84.5 Å². The van der Waals surface area contributed by atoms with Crippen LogP contribution >= 0.6 is 0 Å². The maximum absolute atomic E-state index is 15.0. The number of carbonyl (C=O) groups excluding carboxylic acids is 1. The largest absolute Gasteiger partial charge is 0.417 e. The lowest BCUT2D eigenvalue weighted by atomic mass is 9.99. The van der Waals surface area contributed by atoms with Crippen LogP contribution < -0.4 is 5.32 Å². The van der Waals surface area contributed by atoms with Gasteiger partial charge < -0.3 is 10.4 Å². The fourth-order valence-electron chi connectivity index (χ4n) is 4.29. The average Bonchev–Trinajstić information content (AvgIpc) is 3.50. The monoisotopic (exact) mass is 523 g/mol. The van der Waals surface area contributed by atoms with Crippen molar-refractivity contribution in [2.45, 2.75) is 19.2 Å². The molecule has 5 aromatic rings. The Labute approximate surface area is 214 Å². The molecule has 1 atom stereocenters. The van der Waals surface area contributed by atoms with E-state index in [0.29, 0.717) is 22.9 Å². The summed E-state index contributed by atoms with van der Waals surface area (Å²) in [5.41, 5.74) is -0.135. The number of pyridine rings is 1. The maximum atomic E-state index is 15.0. The van der Waals surface area contributed by atoms with Gasteiger partial charge in [-0.1, -0.05) is 30.3 Å². The van der Waals surface area contributed by atoms with Crippen molar-refractivity contribution in [3.05, 3.63) is 95.8 Å². The van der Waals surface area contributed by atoms with Crippen molar-refractivity contribution in [3.63, 3.8) is 0 Å². The molecule has 0 aliphatic carbocycles. The van der Waals surface area contributed by atoms with Crippen molar-refractivity contribution in [1.82, 2.24) is 19.2 Å². The summed E-state index contributed by atoms with van der Waals surface area (Å²) in [4.78, 5) is 17.8. The number of alkyl halides is 3. The summed E-state index contributed by atoms with van der Waals surface area (Å²) in [6.07, 6.45) is -1.17. The second kappa shape index (κ2) is 9.42. The van der Waals surface area contributed by atoms with Crippen LogP contribution in [0.15, 0.2) is 73.2 Å². The van der Waals surface area contributed by atoms with Gasteiger partial charge in [0.25, 0.3) is 5.91 Å². The third kappa shape index (κ3) is 4.52. The molecular weight excluding hydrogens is 502 g/mol. The lowest BCUT2D eigenvalue weighted by Gasteiger charge is -2.16. The molecule has 5 rings (SSSR count). The van der Waals surface area contributed by atoms with E-state index >= 15 is 4.39 Å². The molecule has 0 aliphatic heterocycles. The van der Waals surface area contributed by atoms with Crippen molar-refractivity contribution in [2.24, 2.45) is 7.05 Å². The number of rotatable bonds is 5. The molecule has 38 heavy (non-hydrogen) atoms. The van der Waals surface area contributed by atoms with E-state index < -0.39 is 40.7 Å². The highest BCUT2D eigenvalue weighted by molar-refractivity contribution is 6.09. The average molecular weight is 523 g/mol. The highest BCUT2D eigenvalue weighted by Gasteiger charge is 2.36. The molecule has 0 fully saturated rings. The van der Waals surface area contributed by atoms with Crippen LogP contribution in [0.3, 0.4) is 0 Å². The first-order valence-electron chi connectivity index (χ1n) is 11.5. The quantitative estimate of drug-likeness (QED) is 0.283. The molecule has 2 N–H and O–H groups in total. The first kappa shape index (κ1) is 25.2. The van der Waals surface area contributed by atoms with Gasteiger partial charge in [-0.2, -0.15) is 18.3 Å². The van der Waals surface area contributed by atoms with E-state index in [1.165, 1.54) is 30.2 Å². The third-order valence-corrected chi connectivity index (χ3v) is 6.11. The van der Waals surface area contributed by atoms with Gasteiger partial charge in [-0.05, 0) is 36.8 Å². The normalized spacial score (nSPS) is 12.6. The smallest absolute Gasteiger partial charge is 0.387 e. The Morgan fingerprint density at radius 3 is 2.42 bits per heavy atom.